The lowest BCUT2D eigenvalue weighted by Gasteiger charge is -2.22. The van der Waals surface area contributed by atoms with Gasteiger partial charge in [-0.2, -0.15) is 0 Å². The van der Waals surface area contributed by atoms with E-state index in [1.54, 1.807) is 12.1 Å². The number of carbonyl (C=O) groups is 1. The molecular formula is C23H26N2O3S. The number of anilines is 1. The Bertz CT molecular complexity index is 1110. The zero-order valence-corrected chi connectivity index (χ0v) is 17.7. The zero-order valence-electron chi connectivity index (χ0n) is 16.9. The zero-order chi connectivity index (χ0) is 21.0. The van der Waals surface area contributed by atoms with Crippen molar-refractivity contribution in [3.8, 4) is 0 Å². The summed E-state index contributed by atoms with van der Waals surface area (Å²) in [6.07, 6.45) is 1.11. The Morgan fingerprint density at radius 1 is 0.966 bits per heavy atom. The highest BCUT2D eigenvalue weighted by molar-refractivity contribution is 7.92. The van der Waals surface area contributed by atoms with Crippen LogP contribution in [0.1, 0.15) is 30.9 Å². The highest BCUT2D eigenvalue weighted by atomic mass is 32.2. The number of amides is 1. The molecule has 0 aliphatic heterocycles. The summed E-state index contributed by atoms with van der Waals surface area (Å²) in [6.45, 7) is 4.23. The van der Waals surface area contributed by atoms with Crippen molar-refractivity contribution in [2.24, 2.45) is 0 Å². The van der Waals surface area contributed by atoms with Crippen LogP contribution >= 0.6 is 0 Å². The Morgan fingerprint density at radius 3 is 2.24 bits per heavy atom. The summed E-state index contributed by atoms with van der Waals surface area (Å²) in [5, 5.41) is 5.05. The molecule has 3 aromatic carbocycles. The number of sulfonamides is 1. The van der Waals surface area contributed by atoms with Gasteiger partial charge in [0.25, 0.3) is 0 Å². The lowest BCUT2D eigenvalue weighted by molar-refractivity contribution is -0.119. The second-order valence-electron chi connectivity index (χ2n) is 7.47. The summed E-state index contributed by atoms with van der Waals surface area (Å²) < 4.78 is 25.6. The first-order valence-electron chi connectivity index (χ1n) is 9.56. The van der Waals surface area contributed by atoms with Gasteiger partial charge >= 0.3 is 0 Å². The summed E-state index contributed by atoms with van der Waals surface area (Å²) in [6, 6.07) is 21.3. The molecule has 29 heavy (non-hydrogen) atoms. The summed E-state index contributed by atoms with van der Waals surface area (Å²) in [7, 11) is -3.59. The molecule has 1 amide bonds. The van der Waals surface area contributed by atoms with Crippen LogP contribution in [0.5, 0.6) is 0 Å². The molecule has 0 bridgehead atoms. The summed E-state index contributed by atoms with van der Waals surface area (Å²) >= 11 is 0. The van der Waals surface area contributed by atoms with Gasteiger partial charge in [0.15, 0.2) is 0 Å². The quantitative estimate of drug-likeness (QED) is 0.639. The van der Waals surface area contributed by atoms with E-state index in [-0.39, 0.29) is 12.5 Å². The highest BCUT2D eigenvalue weighted by Crippen LogP contribution is 2.22. The molecule has 1 N–H and O–H groups in total. The largest absolute Gasteiger partial charge is 0.350 e. The van der Waals surface area contributed by atoms with Crippen LogP contribution in [0.25, 0.3) is 10.8 Å². The van der Waals surface area contributed by atoms with Crippen molar-refractivity contribution in [3.05, 3.63) is 77.9 Å². The molecule has 0 saturated carbocycles. The summed E-state index contributed by atoms with van der Waals surface area (Å²) in [4.78, 5) is 12.5. The second-order valence-corrected chi connectivity index (χ2v) is 9.38. The van der Waals surface area contributed by atoms with Crippen molar-refractivity contribution in [2.45, 2.75) is 26.3 Å². The van der Waals surface area contributed by atoms with Gasteiger partial charge in [0.05, 0.1) is 11.9 Å². The molecule has 152 valence electrons. The first-order valence-corrected chi connectivity index (χ1v) is 11.4. The van der Waals surface area contributed by atoms with Crippen LogP contribution in [-0.4, -0.2) is 27.1 Å². The maximum atomic E-state index is 12.5. The molecule has 0 fully saturated rings. The van der Waals surface area contributed by atoms with E-state index in [9.17, 15) is 13.2 Å². The molecule has 0 heterocycles. The van der Waals surface area contributed by atoms with E-state index >= 15 is 0 Å². The van der Waals surface area contributed by atoms with Gasteiger partial charge in [-0.3, -0.25) is 9.10 Å². The minimum Gasteiger partial charge on any atom is -0.350 e. The Kier molecular flexibility index (Phi) is 6.23. The van der Waals surface area contributed by atoms with E-state index < -0.39 is 10.0 Å². The molecule has 0 aliphatic carbocycles. The average molecular weight is 411 g/mol. The fourth-order valence-electron chi connectivity index (χ4n) is 3.16. The molecule has 3 aromatic rings. The number of hydrogen-bond acceptors (Lipinski definition) is 3. The van der Waals surface area contributed by atoms with Gasteiger partial charge in [0, 0.05) is 6.54 Å². The molecule has 0 aromatic heterocycles. The topological polar surface area (TPSA) is 66.5 Å². The van der Waals surface area contributed by atoms with E-state index in [1.165, 1.54) is 0 Å². The SMILES string of the molecule is CC(C)c1ccc(N(CC(=O)NCc2ccc3ccccc3c2)S(C)(=O)=O)cc1. The predicted octanol–water partition coefficient (Wildman–Crippen LogP) is 4.05. The van der Waals surface area contributed by atoms with E-state index in [0.717, 1.165) is 32.5 Å². The van der Waals surface area contributed by atoms with Crippen molar-refractivity contribution in [1.29, 1.82) is 0 Å². The molecule has 0 radical (unpaired) electrons. The molecule has 0 unspecified atom stereocenters. The van der Waals surface area contributed by atoms with Gasteiger partial charge in [-0.1, -0.05) is 62.4 Å². The third-order valence-electron chi connectivity index (χ3n) is 4.84. The van der Waals surface area contributed by atoms with Gasteiger partial charge < -0.3 is 5.32 Å². The van der Waals surface area contributed by atoms with Crippen LogP contribution in [-0.2, 0) is 21.4 Å². The third-order valence-corrected chi connectivity index (χ3v) is 5.98. The second kappa shape index (κ2) is 8.66. The minimum absolute atomic E-state index is 0.257. The number of fused-ring (bicyclic) bond motifs is 1. The summed E-state index contributed by atoms with van der Waals surface area (Å²) in [5.74, 6) is -0.00231. The van der Waals surface area contributed by atoms with Gasteiger partial charge in [-0.15, -0.1) is 0 Å². The van der Waals surface area contributed by atoms with E-state index in [0.29, 0.717) is 18.2 Å². The van der Waals surface area contributed by atoms with Gasteiger partial charge in [-0.05, 0) is 46.0 Å². The normalized spacial score (nSPS) is 11.6. The Balaban J connectivity index is 1.69. The number of rotatable bonds is 7. The fourth-order valence-corrected chi connectivity index (χ4v) is 4.02. The van der Waals surface area contributed by atoms with Gasteiger partial charge in [0.2, 0.25) is 15.9 Å². The van der Waals surface area contributed by atoms with Crippen LogP contribution in [0.4, 0.5) is 5.69 Å². The highest BCUT2D eigenvalue weighted by Gasteiger charge is 2.20. The van der Waals surface area contributed by atoms with Crippen molar-refractivity contribution in [1.82, 2.24) is 5.32 Å². The molecule has 3 rings (SSSR count). The molecular weight excluding hydrogens is 384 g/mol. The number of benzene rings is 3. The molecule has 0 spiro atoms. The first kappa shape index (κ1) is 20.9. The maximum Gasteiger partial charge on any atom is 0.241 e. The molecule has 5 nitrogen and oxygen atoms in total. The van der Waals surface area contributed by atoms with Crippen molar-refractivity contribution in [2.75, 3.05) is 17.1 Å². The van der Waals surface area contributed by atoms with Crippen molar-refractivity contribution < 1.29 is 13.2 Å². The number of nitrogens with zero attached hydrogens (tertiary/aromatic N) is 1. The van der Waals surface area contributed by atoms with Crippen LogP contribution in [0.15, 0.2) is 66.7 Å². The van der Waals surface area contributed by atoms with Crippen molar-refractivity contribution in [3.63, 3.8) is 0 Å². The Labute approximate surface area is 172 Å². The molecule has 0 aliphatic rings. The Hall–Kier alpha value is -2.86. The maximum absolute atomic E-state index is 12.5. The number of carbonyl (C=O) groups excluding carboxylic acids is 1. The monoisotopic (exact) mass is 410 g/mol. The molecule has 0 saturated heterocycles. The van der Waals surface area contributed by atoms with Crippen LogP contribution < -0.4 is 9.62 Å². The van der Waals surface area contributed by atoms with E-state index in [2.05, 4.69) is 19.2 Å². The van der Waals surface area contributed by atoms with Crippen molar-refractivity contribution >= 4 is 32.4 Å². The van der Waals surface area contributed by atoms with E-state index in [4.69, 9.17) is 0 Å². The van der Waals surface area contributed by atoms with Gasteiger partial charge in [-0.25, -0.2) is 8.42 Å². The lowest BCUT2D eigenvalue weighted by Crippen LogP contribution is -2.40. The van der Waals surface area contributed by atoms with Crippen LogP contribution in [0, 0.1) is 0 Å². The standard InChI is InChI=1S/C23H26N2O3S/c1-17(2)19-10-12-22(13-11-19)25(29(3,27)28)16-23(26)24-15-18-8-9-20-6-4-5-7-21(20)14-18/h4-14,17H,15-16H2,1-3H3,(H,24,26). The fraction of sp³-hybridized carbons (Fsp3) is 0.261. The molecule has 6 heteroatoms. The third kappa shape index (κ3) is 5.35. The summed E-state index contributed by atoms with van der Waals surface area (Å²) in [5.41, 5.74) is 2.56. The van der Waals surface area contributed by atoms with Crippen LogP contribution in [0.3, 0.4) is 0 Å². The first-order chi connectivity index (χ1) is 13.7. The average Bonchev–Trinajstić information content (AvgIpc) is 2.69. The minimum atomic E-state index is -3.59. The predicted molar refractivity (Wildman–Crippen MR) is 119 cm³/mol. The van der Waals surface area contributed by atoms with Crippen LogP contribution in [0.2, 0.25) is 0 Å². The van der Waals surface area contributed by atoms with E-state index in [1.807, 2.05) is 54.6 Å². The Morgan fingerprint density at radius 2 is 1.62 bits per heavy atom. The number of nitrogens with one attached hydrogen (secondary N) is 1. The van der Waals surface area contributed by atoms with Gasteiger partial charge in [0.1, 0.15) is 6.54 Å². The number of hydrogen-bond donors (Lipinski definition) is 1. The smallest absolute Gasteiger partial charge is 0.241 e. The molecule has 0 atom stereocenters. The lowest BCUT2D eigenvalue weighted by atomic mass is 10.0.